The van der Waals surface area contributed by atoms with Crippen LogP contribution in [0.3, 0.4) is 0 Å². The van der Waals surface area contributed by atoms with Gasteiger partial charge in [0, 0.05) is 22.9 Å². The van der Waals surface area contributed by atoms with Crippen molar-refractivity contribution in [2.45, 2.75) is 0 Å². The van der Waals surface area contributed by atoms with E-state index in [-0.39, 0.29) is 33.3 Å². The molecule has 0 saturated carbocycles. The van der Waals surface area contributed by atoms with Crippen molar-refractivity contribution in [1.29, 1.82) is 5.26 Å². The van der Waals surface area contributed by atoms with Crippen LogP contribution < -0.4 is 10.1 Å². The number of ether oxygens (including phenoxy) is 1. The number of halogens is 1. The number of esters is 1. The lowest BCUT2D eigenvalue weighted by atomic mass is 10.0. The molecule has 0 unspecified atom stereocenters. The van der Waals surface area contributed by atoms with E-state index in [0.29, 0.717) is 22.3 Å². The minimum Gasteiger partial charge on any atom is -0.423 e. The fraction of sp³-hybridized carbons (Fsp3) is 0. The second kappa shape index (κ2) is 13.7. The molecule has 0 bridgehead atoms. The first-order chi connectivity index (χ1) is 23.3. The average molecular weight is 652 g/mol. The van der Waals surface area contributed by atoms with Gasteiger partial charge in [0.25, 0.3) is 11.6 Å². The van der Waals surface area contributed by atoms with Gasteiger partial charge in [0.2, 0.25) is 0 Å². The Morgan fingerprint density at radius 1 is 0.812 bits per heavy atom. The smallest absolute Gasteiger partial charge is 0.343 e. The standard InChI is InChI=1S/C37H22ClN5O5/c38-30-17-14-28(21-33(30)43(46)47)40-36(44)27(22-39)19-23-11-15-29(16-12-23)48-37(45)26-13-18-31-32(20-26)42-35(25-9-5-2-6-10-25)34(41-31)24-7-3-1-4-8-24/h1-21H,(H,40,44)/b27-19+. The zero-order chi connectivity index (χ0) is 33.6. The van der Waals surface area contributed by atoms with Crippen molar-refractivity contribution in [3.63, 3.8) is 0 Å². The molecule has 0 spiro atoms. The Morgan fingerprint density at radius 2 is 1.44 bits per heavy atom. The first-order valence-corrected chi connectivity index (χ1v) is 14.8. The van der Waals surface area contributed by atoms with Crippen molar-refractivity contribution >= 4 is 52.0 Å². The summed E-state index contributed by atoms with van der Waals surface area (Å²) in [7, 11) is 0. The summed E-state index contributed by atoms with van der Waals surface area (Å²) in [6, 6.07) is 36.2. The van der Waals surface area contributed by atoms with Gasteiger partial charge in [-0.25, -0.2) is 14.8 Å². The van der Waals surface area contributed by atoms with Crippen molar-refractivity contribution in [2.24, 2.45) is 0 Å². The number of nitro groups is 1. The van der Waals surface area contributed by atoms with Crippen LogP contribution in [0.1, 0.15) is 15.9 Å². The molecule has 48 heavy (non-hydrogen) atoms. The van der Waals surface area contributed by atoms with Crippen LogP contribution in [0.5, 0.6) is 5.75 Å². The topological polar surface area (TPSA) is 148 Å². The number of nitriles is 1. The molecule has 5 aromatic carbocycles. The number of nitro benzene ring substituents is 1. The lowest BCUT2D eigenvalue weighted by Gasteiger charge is -2.11. The van der Waals surface area contributed by atoms with Crippen LogP contribution in [-0.2, 0) is 4.79 Å². The number of carbonyl (C=O) groups is 2. The van der Waals surface area contributed by atoms with Gasteiger partial charge in [-0.05, 0) is 54.1 Å². The minimum absolute atomic E-state index is 0.0845. The van der Waals surface area contributed by atoms with E-state index in [2.05, 4.69) is 5.32 Å². The molecule has 0 aliphatic carbocycles. The van der Waals surface area contributed by atoms with Crippen molar-refractivity contribution < 1.29 is 19.2 Å². The third-order valence-electron chi connectivity index (χ3n) is 7.16. The molecule has 0 saturated heterocycles. The number of aromatic nitrogens is 2. The number of nitrogens with zero attached hydrogens (tertiary/aromatic N) is 4. The summed E-state index contributed by atoms with van der Waals surface area (Å²) >= 11 is 5.82. The SMILES string of the molecule is N#C/C(=C\c1ccc(OC(=O)c2ccc3nc(-c4ccccc4)c(-c4ccccc4)nc3c2)cc1)C(=O)Nc1ccc(Cl)c([N+](=O)[O-])c1. The molecule has 11 heteroatoms. The maximum absolute atomic E-state index is 13.1. The molecular formula is C37H22ClN5O5. The molecule has 6 aromatic rings. The third-order valence-corrected chi connectivity index (χ3v) is 7.48. The third kappa shape index (κ3) is 6.92. The van der Waals surface area contributed by atoms with Crippen molar-refractivity contribution in [3.8, 4) is 34.3 Å². The predicted molar refractivity (Wildman–Crippen MR) is 182 cm³/mol. The summed E-state index contributed by atoms with van der Waals surface area (Å²) in [4.78, 5) is 46.1. The monoisotopic (exact) mass is 651 g/mol. The van der Waals surface area contributed by atoms with Crippen LogP contribution in [0.2, 0.25) is 5.02 Å². The van der Waals surface area contributed by atoms with Gasteiger partial charge in [-0.1, -0.05) is 84.4 Å². The van der Waals surface area contributed by atoms with E-state index in [0.717, 1.165) is 22.9 Å². The number of fused-ring (bicyclic) bond motifs is 1. The normalized spacial score (nSPS) is 11.0. The maximum Gasteiger partial charge on any atom is 0.343 e. The Hall–Kier alpha value is -6.70. The molecular weight excluding hydrogens is 630 g/mol. The lowest BCUT2D eigenvalue weighted by molar-refractivity contribution is -0.384. The van der Waals surface area contributed by atoms with Crippen LogP contribution in [0.15, 0.2) is 127 Å². The number of anilines is 1. The molecule has 1 heterocycles. The van der Waals surface area contributed by atoms with Crippen LogP contribution in [0.25, 0.3) is 39.6 Å². The Morgan fingerprint density at radius 3 is 2.04 bits per heavy atom. The minimum atomic E-state index is -0.768. The maximum atomic E-state index is 13.1. The van der Waals surface area contributed by atoms with Gasteiger partial charge in [-0.15, -0.1) is 0 Å². The van der Waals surface area contributed by atoms with Gasteiger partial charge in [0.15, 0.2) is 0 Å². The number of hydrogen-bond donors (Lipinski definition) is 1. The molecule has 1 N–H and O–H groups in total. The van der Waals surface area contributed by atoms with Crippen molar-refractivity contribution in [3.05, 3.63) is 153 Å². The summed E-state index contributed by atoms with van der Waals surface area (Å²) in [5.41, 5.74) is 4.59. The number of hydrogen-bond acceptors (Lipinski definition) is 8. The highest BCUT2D eigenvalue weighted by molar-refractivity contribution is 6.32. The fourth-order valence-electron chi connectivity index (χ4n) is 4.82. The predicted octanol–water partition coefficient (Wildman–Crippen LogP) is 8.29. The summed E-state index contributed by atoms with van der Waals surface area (Å²) in [5, 5.41) is 23.1. The van der Waals surface area contributed by atoms with Crippen LogP contribution in [-0.4, -0.2) is 26.8 Å². The number of benzene rings is 5. The molecule has 1 aromatic heterocycles. The Labute approximate surface area is 278 Å². The van der Waals surface area contributed by atoms with Crippen molar-refractivity contribution in [2.75, 3.05) is 5.32 Å². The average Bonchev–Trinajstić information content (AvgIpc) is 3.11. The van der Waals surface area contributed by atoms with Crippen LogP contribution in [0, 0.1) is 21.4 Å². The highest BCUT2D eigenvalue weighted by Gasteiger charge is 2.17. The van der Waals surface area contributed by atoms with E-state index in [1.54, 1.807) is 30.3 Å². The second-order valence-electron chi connectivity index (χ2n) is 10.4. The lowest BCUT2D eigenvalue weighted by Crippen LogP contribution is -2.13. The first kappa shape index (κ1) is 31.3. The van der Waals surface area contributed by atoms with E-state index in [1.807, 2.05) is 66.7 Å². The molecule has 10 nitrogen and oxygen atoms in total. The molecule has 232 valence electrons. The largest absolute Gasteiger partial charge is 0.423 e. The highest BCUT2D eigenvalue weighted by atomic mass is 35.5. The van der Waals surface area contributed by atoms with E-state index in [1.165, 1.54) is 30.3 Å². The van der Waals surface area contributed by atoms with E-state index in [9.17, 15) is 25.0 Å². The van der Waals surface area contributed by atoms with Crippen LogP contribution >= 0.6 is 11.6 Å². The molecule has 6 rings (SSSR count). The Bertz CT molecular complexity index is 2270. The second-order valence-corrected chi connectivity index (χ2v) is 10.8. The van der Waals surface area contributed by atoms with E-state index < -0.39 is 16.8 Å². The summed E-state index contributed by atoms with van der Waals surface area (Å²) < 4.78 is 5.59. The number of amides is 1. The molecule has 1 amide bonds. The molecule has 0 aliphatic rings. The van der Waals surface area contributed by atoms with Gasteiger partial charge in [-0.3, -0.25) is 14.9 Å². The zero-order valence-corrected chi connectivity index (χ0v) is 25.6. The quantitative estimate of drug-likeness (QED) is 0.0431. The molecule has 0 radical (unpaired) electrons. The van der Waals surface area contributed by atoms with E-state index >= 15 is 0 Å². The Kier molecular flexibility index (Phi) is 8.96. The van der Waals surface area contributed by atoms with Crippen molar-refractivity contribution in [1.82, 2.24) is 9.97 Å². The summed E-state index contributed by atoms with van der Waals surface area (Å²) in [6.07, 6.45) is 1.33. The highest BCUT2D eigenvalue weighted by Crippen LogP contribution is 2.31. The first-order valence-electron chi connectivity index (χ1n) is 14.4. The fourth-order valence-corrected chi connectivity index (χ4v) is 5.00. The summed E-state index contributed by atoms with van der Waals surface area (Å²) in [5.74, 6) is -1.14. The number of rotatable bonds is 8. The Balaban J connectivity index is 1.20. The van der Waals surface area contributed by atoms with Gasteiger partial charge >= 0.3 is 5.97 Å². The number of carbonyl (C=O) groups excluding carboxylic acids is 2. The number of nitrogens with one attached hydrogen (secondary N) is 1. The molecule has 0 fully saturated rings. The van der Waals surface area contributed by atoms with Crippen LogP contribution in [0.4, 0.5) is 11.4 Å². The van der Waals surface area contributed by atoms with Gasteiger partial charge < -0.3 is 10.1 Å². The van der Waals surface area contributed by atoms with E-state index in [4.69, 9.17) is 26.3 Å². The molecule has 0 aliphatic heterocycles. The zero-order valence-electron chi connectivity index (χ0n) is 24.8. The summed E-state index contributed by atoms with van der Waals surface area (Å²) in [6.45, 7) is 0. The van der Waals surface area contributed by atoms with Gasteiger partial charge in [-0.2, -0.15) is 5.26 Å². The van der Waals surface area contributed by atoms with Gasteiger partial charge in [0.05, 0.1) is 32.9 Å². The van der Waals surface area contributed by atoms with Gasteiger partial charge in [0.1, 0.15) is 22.4 Å². The molecule has 0 atom stereocenters.